The topological polar surface area (TPSA) is 534 Å². The SMILES string of the molecule is CCC(C)C(NC(=O)C(NC(=O)C(CSCNC(C)=O)NC(C)=O)C(C)C)C(=O)NCC(=O)NC(Cc1ccc(O)cc1)C(=O)NC(CO)C(=O)NCC(=O)NC(CC(=O)O)C(=O)NC(CCCN=C(N)N)C(=O)NC(CSCNC(C)=O)C(N)=O. The molecule has 0 radical (unpaired) electrons. The number of nitrogens with two attached hydrogens (primary N) is 3. The van der Waals surface area contributed by atoms with Crippen LogP contribution in [0.5, 0.6) is 5.75 Å². The second-order valence-electron chi connectivity index (χ2n) is 19.7. The number of aromatic hydroxyl groups is 1. The van der Waals surface area contributed by atoms with Crippen molar-refractivity contribution >= 4 is 112 Å². The van der Waals surface area contributed by atoms with Crippen molar-refractivity contribution in [2.75, 3.05) is 49.5 Å². The van der Waals surface area contributed by atoms with Gasteiger partial charge in [-0.1, -0.05) is 46.2 Å². The molecule has 1 rings (SSSR count). The van der Waals surface area contributed by atoms with E-state index >= 15 is 0 Å². The summed E-state index contributed by atoms with van der Waals surface area (Å²) in [6, 6.07) is -6.24. The minimum atomic E-state index is -1.89. The lowest BCUT2D eigenvalue weighted by molar-refractivity contribution is -0.141. The molecule has 0 spiro atoms. The largest absolute Gasteiger partial charge is 0.508 e. The Labute approximate surface area is 504 Å². The van der Waals surface area contributed by atoms with Gasteiger partial charge < -0.3 is 96.3 Å². The number of aliphatic imine (C=N–C) groups is 1. The number of aliphatic hydroxyl groups is 1. The molecule has 0 saturated heterocycles. The minimum Gasteiger partial charge on any atom is -0.508 e. The first-order valence-corrected chi connectivity index (χ1v) is 29.2. The van der Waals surface area contributed by atoms with Crippen LogP contribution in [-0.2, 0) is 73.5 Å². The fourth-order valence-corrected chi connectivity index (χ4v) is 9.12. The quantitative estimate of drug-likeness (QED) is 0.0126. The van der Waals surface area contributed by atoms with Gasteiger partial charge in [0.25, 0.3) is 0 Å². The second-order valence-corrected chi connectivity index (χ2v) is 21.8. The van der Waals surface area contributed by atoms with Crippen LogP contribution in [0.1, 0.15) is 79.7 Å². The number of carboxylic acids is 1. The van der Waals surface area contributed by atoms with Crippen molar-refractivity contribution in [2.24, 2.45) is 34.0 Å². The van der Waals surface area contributed by atoms with Crippen LogP contribution in [0.2, 0.25) is 0 Å². The summed E-state index contributed by atoms with van der Waals surface area (Å²) < 4.78 is 0. The van der Waals surface area contributed by atoms with Gasteiger partial charge in [0.1, 0.15) is 54.1 Å². The molecular weight excluding hydrogens is 1170 g/mol. The normalized spacial score (nSPS) is 13.9. The van der Waals surface area contributed by atoms with E-state index in [1.54, 1.807) is 27.7 Å². The Bertz CT molecular complexity index is 2560. The number of benzene rings is 1. The molecule has 0 aromatic heterocycles. The molecule has 35 heteroatoms. The van der Waals surface area contributed by atoms with Gasteiger partial charge in [-0.05, 0) is 42.4 Å². The lowest BCUT2D eigenvalue weighted by atomic mass is 9.96. The number of hydrogen-bond donors (Lipinski definition) is 18. The van der Waals surface area contributed by atoms with E-state index in [1.165, 1.54) is 45.0 Å². The fourth-order valence-electron chi connectivity index (χ4n) is 7.32. The molecule has 480 valence electrons. The highest BCUT2D eigenvalue weighted by Gasteiger charge is 2.35. The number of guanidine groups is 1. The van der Waals surface area contributed by atoms with Crippen molar-refractivity contribution in [2.45, 2.75) is 129 Å². The third-order valence-electron chi connectivity index (χ3n) is 12.1. The highest BCUT2D eigenvalue weighted by Crippen LogP contribution is 2.14. The summed E-state index contributed by atoms with van der Waals surface area (Å²) in [6.45, 7) is 7.56. The van der Waals surface area contributed by atoms with Crippen molar-refractivity contribution in [3.8, 4) is 5.75 Å². The van der Waals surface area contributed by atoms with Crippen molar-refractivity contribution in [1.82, 2.24) is 63.8 Å². The molecule has 0 bridgehead atoms. The fraction of sp³-hybridized carbons (Fsp3) is 0.588. The number of carbonyl (C=O) groups excluding carboxylic acids is 13. The van der Waals surface area contributed by atoms with Crippen molar-refractivity contribution in [1.29, 1.82) is 0 Å². The highest BCUT2D eigenvalue weighted by atomic mass is 32.2. The van der Waals surface area contributed by atoms with Crippen LogP contribution in [0.15, 0.2) is 29.3 Å². The molecule has 0 fully saturated rings. The van der Waals surface area contributed by atoms with Gasteiger partial charge >= 0.3 is 5.97 Å². The van der Waals surface area contributed by atoms with Crippen LogP contribution in [0.25, 0.3) is 0 Å². The Morgan fingerprint density at radius 2 is 1.03 bits per heavy atom. The van der Waals surface area contributed by atoms with Crippen molar-refractivity contribution in [3.63, 3.8) is 0 Å². The number of phenols is 1. The van der Waals surface area contributed by atoms with E-state index in [1.807, 2.05) is 0 Å². The maximum Gasteiger partial charge on any atom is 0.305 e. The van der Waals surface area contributed by atoms with E-state index in [0.29, 0.717) is 12.0 Å². The van der Waals surface area contributed by atoms with Gasteiger partial charge in [0.05, 0.1) is 37.9 Å². The number of nitrogens with one attached hydrogen (secondary N) is 12. The molecule has 1 aromatic carbocycles. The van der Waals surface area contributed by atoms with Gasteiger partial charge in [-0.2, -0.15) is 0 Å². The Hall–Kier alpha value is -8.47. The molecule has 9 atom stereocenters. The molecule has 1 aromatic rings. The maximum absolute atomic E-state index is 13.9. The number of aliphatic hydroxyl groups excluding tert-OH is 1. The third kappa shape index (κ3) is 30.9. The molecule has 33 nitrogen and oxygen atoms in total. The average Bonchev–Trinajstić information content (AvgIpc) is 3.62. The zero-order chi connectivity index (χ0) is 65.2. The van der Waals surface area contributed by atoms with E-state index in [4.69, 9.17) is 17.2 Å². The van der Waals surface area contributed by atoms with Crippen LogP contribution in [0.4, 0.5) is 0 Å². The van der Waals surface area contributed by atoms with E-state index in [2.05, 4.69) is 68.8 Å². The van der Waals surface area contributed by atoms with Gasteiger partial charge in [0, 0.05) is 45.2 Å². The van der Waals surface area contributed by atoms with Gasteiger partial charge in [-0.15, -0.1) is 23.5 Å². The Morgan fingerprint density at radius 1 is 0.547 bits per heavy atom. The minimum absolute atomic E-state index is 0.0303. The number of hydrogen-bond acceptors (Lipinski definition) is 19. The van der Waals surface area contributed by atoms with E-state index in [-0.39, 0.29) is 72.6 Å². The molecule has 0 aliphatic carbocycles. The lowest BCUT2D eigenvalue weighted by Crippen LogP contribution is -2.60. The summed E-state index contributed by atoms with van der Waals surface area (Å²) >= 11 is 2.18. The molecule has 13 amide bonds. The number of carbonyl (C=O) groups is 14. The first kappa shape index (κ1) is 75.5. The Morgan fingerprint density at radius 3 is 1.53 bits per heavy atom. The van der Waals surface area contributed by atoms with E-state index in [9.17, 15) is 82.4 Å². The number of phenolic OH excluding ortho intramolecular Hbond substituents is 1. The lowest BCUT2D eigenvalue weighted by Gasteiger charge is -2.29. The zero-order valence-corrected chi connectivity index (χ0v) is 50.5. The van der Waals surface area contributed by atoms with Crippen LogP contribution in [-0.4, -0.2) is 202 Å². The first-order valence-electron chi connectivity index (χ1n) is 26.9. The molecule has 0 aliphatic heterocycles. The predicted molar refractivity (Wildman–Crippen MR) is 314 cm³/mol. The van der Waals surface area contributed by atoms with Gasteiger partial charge in [-0.25, -0.2) is 0 Å². The summed E-state index contributed by atoms with van der Waals surface area (Å²) in [4.78, 5) is 184. The van der Waals surface area contributed by atoms with Crippen molar-refractivity contribution in [3.05, 3.63) is 29.8 Å². The van der Waals surface area contributed by atoms with Crippen LogP contribution < -0.4 is 81.0 Å². The third-order valence-corrected chi connectivity index (χ3v) is 13.9. The van der Waals surface area contributed by atoms with Gasteiger partial charge in [-0.3, -0.25) is 72.1 Å². The highest BCUT2D eigenvalue weighted by molar-refractivity contribution is 7.99. The molecule has 0 aliphatic rings. The predicted octanol–water partition coefficient (Wildman–Crippen LogP) is -6.57. The molecule has 86 heavy (non-hydrogen) atoms. The number of primary amides is 1. The summed E-state index contributed by atoms with van der Waals surface area (Å²) in [5.74, 6) is -14.0. The van der Waals surface area contributed by atoms with E-state index < -0.39 is 157 Å². The summed E-state index contributed by atoms with van der Waals surface area (Å²) in [6.07, 6.45) is -1.12. The maximum atomic E-state index is 13.9. The van der Waals surface area contributed by atoms with Gasteiger partial charge in [0.15, 0.2) is 5.96 Å². The molecular formula is C51H82N16O17S2. The molecule has 9 unspecified atom stereocenters. The van der Waals surface area contributed by atoms with Crippen LogP contribution in [0, 0.1) is 11.8 Å². The first-order chi connectivity index (χ1) is 40.4. The number of thioether (sulfide) groups is 2. The Kier molecular flexibility index (Phi) is 35.1. The molecule has 0 heterocycles. The van der Waals surface area contributed by atoms with E-state index in [0.717, 1.165) is 23.5 Å². The van der Waals surface area contributed by atoms with Gasteiger partial charge in [0.2, 0.25) is 76.8 Å². The smallest absolute Gasteiger partial charge is 0.305 e. The number of amides is 13. The van der Waals surface area contributed by atoms with Crippen LogP contribution >= 0.6 is 23.5 Å². The number of aliphatic carboxylic acids is 1. The second kappa shape index (κ2) is 40.0. The summed E-state index contributed by atoms with van der Waals surface area (Å²) in [5, 5.41) is 58.7. The monoisotopic (exact) mass is 1250 g/mol. The molecule has 21 N–H and O–H groups in total. The van der Waals surface area contributed by atoms with Crippen LogP contribution in [0.3, 0.4) is 0 Å². The van der Waals surface area contributed by atoms with Crippen molar-refractivity contribution < 1.29 is 82.4 Å². The summed E-state index contributed by atoms with van der Waals surface area (Å²) in [7, 11) is 0. The zero-order valence-electron chi connectivity index (χ0n) is 48.8. The standard InChI is InChI=1S/C51H82N16O17S2/c1-8-26(4)42(67-50(84)41(25(2)3)66-48(82)37(60-29(7)71)22-86-24-59-28(6)70)49(83)57-19-39(74)61-33(16-30-11-13-31(72)14-12-30)46(80)64-35(20-68)44(78)56-18-38(73)62-34(17-40(75)76)47(81)63-32(10-9-15-55-51(53)54)45(79)65-36(43(52)77)21-85-23-58-27(5)69/h11-14,25-26,32-37,41-42,68,72H,8-10,15-24H2,1-7H3,(H2,52,77)(H,56,78)(H,57,83)(H,58,69)(H,59,70)(H,60,71)(H,61,74)(H,62,73)(H,63,81)(H,64,80)(H,65,79)(H,66,82)(H,67,84)(H,75,76)(H4,53,54,55). The number of rotatable bonds is 40. The summed E-state index contributed by atoms with van der Waals surface area (Å²) in [5.41, 5.74) is 16.6. The molecule has 0 saturated carbocycles. The average molecular weight is 1260 g/mol. The number of nitrogens with zero attached hydrogens (tertiary/aromatic N) is 1. The number of carboxylic acid groups (broad SMARTS) is 1. The Balaban J connectivity index is 3.24.